The molecule has 86 valence electrons. The molecule has 0 aromatic rings. The lowest BCUT2D eigenvalue weighted by Crippen LogP contribution is -2.49. The van der Waals surface area contributed by atoms with Gasteiger partial charge < -0.3 is 10.6 Å². The van der Waals surface area contributed by atoms with Crippen LogP contribution in [0.4, 0.5) is 9.59 Å². The fourth-order valence-electron chi connectivity index (χ4n) is 1.73. The van der Waals surface area contributed by atoms with Gasteiger partial charge in [0.05, 0.1) is 0 Å². The number of carbonyl (C=O) groups is 4. The molecule has 8 heteroatoms. The summed E-state index contributed by atoms with van der Waals surface area (Å²) >= 11 is 0. The monoisotopic (exact) mass is 226 g/mol. The minimum atomic E-state index is -1.17. The highest BCUT2D eigenvalue weighted by molar-refractivity contribution is 6.08. The third kappa shape index (κ3) is 1.58. The van der Waals surface area contributed by atoms with Crippen molar-refractivity contribution in [1.29, 1.82) is 0 Å². The molecule has 2 saturated heterocycles. The predicted octanol–water partition coefficient (Wildman–Crippen LogP) is -1.82. The Kier molecular flexibility index (Phi) is 2.07. The van der Waals surface area contributed by atoms with Gasteiger partial charge in [-0.3, -0.25) is 20.2 Å². The Hall–Kier alpha value is -2.12. The van der Waals surface area contributed by atoms with E-state index in [-0.39, 0.29) is 6.42 Å². The summed E-state index contributed by atoms with van der Waals surface area (Å²) in [4.78, 5) is 44.5. The molecule has 2 heterocycles. The van der Waals surface area contributed by atoms with Crippen LogP contribution in [0, 0.1) is 0 Å². The first-order chi connectivity index (χ1) is 7.40. The van der Waals surface area contributed by atoms with Crippen LogP contribution in [0.3, 0.4) is 0 Å². The van der Waals surface area contributed by atoms with Crippen molar-refractivity contribution in [3.05, 3.63) is 0 Å². The molecule has 2 fully saturated rings. The summed E-state index contributed by atoms with van der Waals surface area (Å²) in [6.07, 6.45) is 0.0160. The molecule has 2 aliphatic rings. The average Bonchev–Trinajstić information content (AvgIpc) is 2.55. The zero-order valence-corrected chi connectivity index (χ0v) is 8.42. The molecular weight excluding hydrogens is 216 g/mol. The molecule has 2 rings (SSSR count). The van der Waals surface area contributed by atoms with E-state index < -0.39 is 35.5 Å². The fourth-order valence-corrected chi connectivity index (χ4v) is 1.73. The lowest BCUT2D eigenvalue weighted by molar-refractivity contribution is -0.124. The van der Waals surface area contributed by atoms with Crippen molar-refractivity contribution in [2.24, 2.45) is 0 Å². The van der Waals surface area contributed by atoms with Gasteiger partial charge in [0.2, 0.25) is 0 Å². The topological polar surface area (TPSA) is 116 Å². The van der Waals surface area contributed by atoms with Crippen LogP contribution in [0.1, 0.15) is 13.3 Å². The number of rotatable bonds is 2. The third-order valence-electron chi connectivity index (χ3n) is 2.59. The smallest absolute Gasteiger partial charge is 0.322 e. The highest BCUT2D eigenvalue weighted by atomic mass is 16.2. The summed E-state index contributed by atoms with van der Waals surface area (Å²) in [6.45, 7) is 1.49. The molecular formula is C8H10N4O4. The van der Waals surface area contributed by atoms with E-state index in [9.17, 15) is 19.2 Å². The zero-order chi connectivity index (χ0) is 11.9. The lowest BCUT2D eigenvalue weighted by Gasteiger charge is -2.22. The number of amides is 6. The number of hydrogen-bond acceptors (Lipinski definition) is 4. The summed E-state index contributed by atoms with van der Waals surface area (Å²) in [6, 6.07) is -2.00. The Morgan fingerprint density at radius 2 is 1.81 bits per heavy atom. The second-order valence-corrected chi connectivity index (χ2v) is 3.96. The Labute approximate surface area is 90.1 Å². The first-order valence-corrected chi connectivity index (χ1v) is 4.66. The fraction of sp³-hybridized carbons (Fsp3) is 0.500. The molecule has 0 aromatic carbocycles. The van der Waals surface area contributed by atoms with Crippen molar-refractivity contribution in [3.63, 3.8) is 0 Å². The predicted molar refractivity (Wildman–Crippen MR) is 50.2 cm³/mol. The van der Waals surface area contributed by atoms with E-state index in [1.807, 2.05) is 0 Å². The average molecular weight is 226 g/mol. The van der Waals surface area contributed by atoms with Gasteiger partial charge in [0, 0.05) is 6.42 Å². The normalized spacial score (nSPS) is 33.2. The third-order valence-corrected chi connectivity index (χ3v) is 2.59. The van der Waals surface area contributed by atoms with Crippen molar-refractivity contribution in [1.82, 2.24) is 21.3 Å². The molecule has 0 saturated carbocycles. The quantitative estimate of drug-likeness (QED) is 0.415. The van der Waals surface area contributed by atoms with Crippen LogP contribution < -0.4 is 21.3 Å². The number of carbonyl (C=O) groups excluding carboxylic acids is 4. The number of urea groups is 2. The molecule has 0 aliphatic carbocycles. The number of imide groups is 2. The maximum Gasteiger partial charge on any atom is 0.322 e. The summed E-state index contributed by atoms with van der Waals surface area (Å²) in [5, 5.41) is 8.90. The van der Waals surface area contributed by atoms with E-state index in [2.05, 4.69) is 21.3 Å². The molecule has 0 radical (unpaired) electrons. The van der Waals surface area contributed by atoms with Crippen LogP contribution >= 0.6 is 0 Å². The number of hydrogen-bond donors (Lipinski definition) is 4. The van der Waals surface area contributed by atoms with Gasteiger partial charge >= 0.3 is 12.1 Å². The standard InChI is InChI=1S/C8H10N4O4/c1-8(5(14)11-7(16)12-8)2-3-4(13)10-6(15)9-3/h3H,2H2,1H3,(H2,9,10,13,15)(H2,11,12,14,16). The van der Waals surface area contributed by atoms with Crippen LogP contribution in [-0.2, 0) is 9.59 Å². The number of nitrogens with one attached hydrogen (secondary N) is 4. The maximum absolute atomic E-state index is 11.4. The van der Waals surface area contributed by atoms with E-state index in [1.54, 1.807) is 0 Å². The molecule has 4 N–H and O–H groups in total. The molecule has 0 spiro atoms. The minimum absolute atomic E-state index is 0.0160. The van der Waals surface area contributed by atoms with E-state index in [0.717, 1.165) is 0 Å². The van der Waals surface area contributed by atoms with Gasteiger partial charge in [0.1, 0.15) is 11.6 Å². The molecule has 2 aliphatic heterocycles. The summed E-state index contributed by atoms with van der Waals surface area (Å²) in [5.74, 6) is -1.01. The Balaban J connectivity index is 2.10. The molecule has 0 bridgehead atoms. The Morgan fingerprint density at radius 3 is 2.25 bits per heavy atom. The summed E-state index contributed by atoms with van der Waals surface area (Å²) < 4.78 is 0. The van der Waals surface area contributed by atoms with Crippen molar-refractivity contribution < 1.29 is 19.2 Å². The second kappa shape index (κ2) is 3.19. The SMILES string of the molecule is CC1(CC2NC(=O)NC2=O)NC(=O)NC1=O. The zero-order valence-electron chi connectivity index (χ0n) is 8.42. The van der Waals surface area contributed by atoms with Gasteiger partial charge in [-0.2, -0.15) is 0 Å². The van der Waals surface area contributed by atoms with Crippen molar-refractivity contribution in [2.45, 2.75) is 24.9 Å². The van der Waals surface area contributed by atoms with E-state index in [4.69, 9.17) is 0 Å². The van der Waals surface area contributed by atoms with Crippen LogP contribution in [-0.4, -0.2) is 35.5 Å². The summed E-state index contributed by atoms with van der Waals surface area (Å²) in [5.41, 5.74) is -1.17. The van der Waals surface area contributed by atoms with E-state index in [0.29, 0.717) is 0 Å². The molecule has 2 unspecified atom stereocenters. The Morgan fingerprint density at radius 1 is 1.12 bits per heavy atom. The maximum atomic E-state index is 11.4. The van der Waals surface area contributed by atoms with Crippen LogP contribution in [0.2, 0.25) is 0 Å². The van der Waals surface area contributed by atoms with Gasteiger partial charge in [0.15, 0.2) is 0 Å². The van der Waals surface area contributed by atoms with Gasteiger partial charge in [-0.15, -0.1) is 0 Å². The second-order valence-electron chi connectivity index (χ2n) is 3.96. The van der Waals surface area contributed by atoms with Crippen LogP contribution in [0.25, 0.3) is 0 Å². The largest absolute Gasteiger partial charge is 0.326 e. The summed E-state index contributed by atoms with van der Waals surface area (Å²) in [7, 11) is 0. The molecule has 0 aromatic heterocycles. The molecule has 6 amide bonds. The highest BCUT2D eigenvalue weighted by Gasteiger charge is 2.46. The lowest BCUT2D eigenvalue weighted by atomic mass is 9.93. The molecule has 16 heavy (non-hydrogen) atoms. The van der Waals surface area contributed by atoms with Gasteiger partial charge in [-0.25, -0.2) is 9.59 Å². The molecule has 2 atom stereocenters. The van der Waals surface area contributed by atoms with Gasteiger partial charge in [-0.05, 0) is 6.92 Å². The van der Waals surface area contributed by atoms with Gasteiger partial charge in [0.25, 0.3) is 11.8 Å². The molecule has 8 nitrogen and oxygen atoms in total. The highest BCUT2D eigenvalue weighted by Crippen LogP contribution is 2.18. The van der Waals surface area contributed by atoms with Crippen molar-refractivity contribution in [2.75, 3.05) is 0 Å². The Bertz CT molecular complexity index is 407. The van der Waals surface area contributed by atoms with Crippen LogP contribution in [0.5, 0.6) is 0 Å². The van der Waals surface area contributed by atoms with Crippen molar-refractivity contribution in [3.8, 4) is 0 Å². The van der Waals surface area contributed by atoms with Crippen LogP contribution in [0.15, 0.2) is 0 Å². The minimum Gasteiger partial charge on any atom is -0.326 e. The van der Waals surface area contributed by atoms with E-state index in [1.165, 1.54) is 6.92 Å². The first-order valence-electron chi connectivity index (χ1n) is 4.66. The van der Waals surface area contributed by atoms with E-state index >= 15 is 0 Å². The first kappa shape index (κ1) is 10.4. The van der Waals surface area contributed by atoms with Gasteiger partial charge in [-0.1, -0.05) is 0 Å². The van der Waals surface area contributed by atoms with Crippen molar-refractivity contribution >= 4 is 23.9 Å².